The van der Waals surface area contributed by atoms with Gasteiger partial charge in [0.25, 0.3) is 0 Å². The molecule has 2 aromatic rings. The predicted octanol–water partition coefficient (Wildman–Crippen LogP) is 3.74. The van der Waals surface area contributed by atoms with Crippen LogP contribution in [0.1, 0.15) is 46.4 Å². The maximum absolute atomic E-state index is 11.7. The van der Waals surface area contributed by atoms with E-state index in [0.29, 0.717) is 5.92 Å². The predicted molar refractivity (Wildman–Crippen MR) is 101 cm³/mol. The van der Waals surface area contributed by atoms with Gasteiger partial charge in [0, 0.05) is 44.8 Å². The normalized spacial score (nSPS) is 16.4. The third-order valence-electron chi connectivity index (χ3n) is 5.04. The van der Waals surface area contributed by atoms with E-state index in [4.69, 9.17) is 9.72 Å². The van der Waals surface area contributed by atoms with Crippen molar-refractivity contribution in [2.45, 2.75) is 52.5 Å². The highest BCUT2D eigenvalue weighted by Gasteiger charge is 2.25. The van der Waals surface area contributed by atoms with Gasteiger partial charge in [-0.3, -0.25) is 4.79 Å². The number of fused-ring (bicyclic) bond motifs is 1. The lowest BCUT2D eigenvalue weighted by Gasteiger charge is -2.26. The van der Waals surface area contributed by atoms with E-state index >= 15 is 0 Å². The monoisotopic (exact) mass is 343 g/mol. The fourth-order valence-corrected chi connectivity index (χ4v) is 3.45. The van der Waals surface area contributed by atoms with Gasteiger partial charge in [-0.15, -0.1) is 0 Å². The summed E-state index contributed by atoms with van der Waals surface area (Å²) in [5.74, 6) is 1.76. The summed E-state index contributed by atoms with van der Waals surface area (Å²) < 4.78 is 7.88. The van der Waals surface area contributed by atoms with E-state index in [9.17, 15) is 4.79 Å². The van der Waals surface area contributed by atoms with E-state index in [-0.39, 0.29) is 11.3 Å². The molecule has 0 unspecified atom stereocenters. The lowest BCUT2D eigenvalue weighted by Crippen LogP contribution is -2.25. The third-order valence-corrected chi connectivity index (χ3v) is 5.04. The zero-order valence-electron chi connectivity index (χ0n) is 16.0. The molecule has 0 spiro atoms. The molecule has 1 amide bonds. The second-order valence-corrected chi connectivity index (χ2v) is 8.10. The van der Waals surface area contributed by atoms with Crippen molar-refractivity contribution in [3.05, 3.63) is 24.0 Å². The van der Waals surface area contributed by atoms with E-state index in [1.807, 2.05) is 12.1 Å². The molecule has 3 rings (SSSR count). The first-order chi connectivity index (χ1) is 11.8. The molecule has 0 N–H and O–H groups in total. The number of anilines is 1. The van der Waals surface area contributed by atoms with E-state index in [1.165, 1.54) is 0 Å². The lowest BCUT2D eigenvalue weighted by atomic mass is 9.94. The van der Waals surface area contributed by atoms with Gasteiger partial charge in [-0.2, -0.15) is 0 Å². The van der Waals surface area contributed by atoms with Crippen molar-refractivity contribution in [2.24, 2.45) is 5.92 Å². The number of ether oxygens (including phenoxy) is 1. The fraction of sp³-hybridized carbons (Fsp3) is 0.600. The van der Waals surface area contributed by atoms with Gasteiger partial charge in [-0.1, -0.05) is 20.8 Å². The Hall–Kier alpha value is -1.88. The van der Waals surface area contributed by atoms with Crippen LogP contribution in [0.4, 0.5) is 5.69 Å². The molecular weight excluding hydrogens is 314 g/mol. The molecule has 0 aliphatic carbocycles. The quantitative estimate of drug-likeness (QED) is 0.853. The molecule has 1 aliphatic rings. The van der Waals surface area contributed by atoms with Gasteiger partial charge in [0.05, 0.1) is 11.0 Å². The zero-order chi connectivity index (χ0) is 18.2. The molecule has 1 saturated heterocycles. The van der Waals surface area contributed by atoms with Crippen molar-refractivity contribution in [3.63, 3.8) is 0 Å². The summed E-state index contributed by atoms with van der Waals surface area (Å²) in [6.45, 7) is 10.9. The minimum atomic E-state index is -0.0309. The molecule has 1 aliphatic heterocycles. The van der Waals surface area contributed by atoms with Gasteiger partial charge in [0.15, 0.2) is 0 Å². The Morgan fingerprint density at radius 2 is 2.00 bits per heavy atom. The number of benzene rings is 1. The van der Waals surface area contributed by atoms with Crippen LogP contribution in [0.3, 0.4) is 0 Å². The average Bonchev–Trinajstić information content (AvgIpc) is 2.93. The molecule has 2 heterocycles. The van der Waals surface area contributed by atoms with Crippen molar-refractivity contribution < 1.29 is 9.53 Å². The highest BCUT2D eigenvalue weighted by atomic mass is 16.5. The lowest BCUT2D eigenvalue weighted by molar-refractivity contribution is -0.116. The molecule has 25 heavy (non-hydrogen) atoms. The summed E-state index contributed by atoms with van der Waals surface area (Å²) in [4.78, 5) is 18.3. The van der Waals surface area contributed by atoms with E-state index in [0.717, 1.165) is 55.1 Å². The van der Waals surface area contributed by atoms with Crippen molar-refractivity contribution in [3.8, 4) is 0 Å². The molecule has 1 aromatic carbocycles. The maximum Gasteiger partial charge on any atom is 0.223 e. The Labute approximate surface area is 150 Å². The summed E-state index contributed by atoms with van der Waals surface area (Å²) in [6.07, 6.45) is 2.21. The van der Waals surface area contributed by atoms with Crippen molar-refractivity contribution >= 4 is 22.6 Å². The van der Waals surface area contributed by atoms with Crippen LogP contribution in [0.25, 0.3) is 11.0 Å². The fourth-order valence-electron chi connectivity index (χ4n) is 3.45. The van der Waals surface area contributed by atoms with E-state index < -0.39 is 0 Å². The number of hydrogen-bond acceptors (Lipinski definition) is 3. The van der Waals surface area contributed by atoms with E-state index in [1.54, 1.807) is 18.9 Å². The second kappa shape index (κ2) is 6.79. The van der Waals surface area contributed by atoms with Crippen LogP contribution >= 0.6 is 0 Å². The summed E-state index contributed by atoms with van der Waals surface area (Å²) in [6, 6.07) is 6.14. The minimum Gasteiger partial charge on any atom is -0.381 e. The van der Waals surface area contributed by atoms with Gasteiger partial charge >= 0.3 is 0 Å². The SMILES string of the molecule is CC(=O)N(C)c1ccc2c(c1)nc(C(C)(C)C)n2CC1CCOCC1. The number of rotatable bonds is 3. The molecular formula is C20H29N3O2. The Kier molecular flexibility index (Phi) is 4.87. The van der Waals surface area contributed by atoms with Crippen molar-refractivity contribution in [1.29, 1.82) is 0 Å². The van der Waals surface area contributed by atoms with Gasteiger partial charge in [-0.05, 0) is 37.0 Å². The number of hydrogen-bond donors (Lipinski definition) is 0. The Morgan fingerprint density at radius 1 is 1.32 bits per heavy atom. The first-order valence-corrected chi connectivity index (χ1v) is 9.10. The number of aromatic nitrogens is 2. The van der Waals surface area contributed by atoms with Crippen LogP contribution in [0.2, 0.25) is 0 Å². The summed E-state index contributed by atoms with van der Waals surface area (Å²) >= 11 is 0. The molecule has 1 aromatic heterocycles. The van der Waals surface area contributed by atoms with E-state index in [2.05, 4.69) is 31.4 Å². The first kappa shape index (κ1) is 17.9. The van der Waals surface area contributed by atoms with Gasteiger partial charge < -0.3 is 14.2 Å². The Morgan fingerprint density at radius 3 is 2.60 bits per heavy atom. The molecule has 136 valence electrons. The van der Waals surface area contributed by atoms with Crippen LogP contribution in [0, 0.1) is 5.92 Å². The van der Waals surface area contributed by atoms with Crippen LogP contribution in [0.15, 0.2) is 18.2 Å². The topological polar surface area (TPSA) is 47.4 Å². The van der Waals surface area contributed by atoms with Crippen LogP contribution in [-0.2, 0) is 21.5 Å². The zero-order valence-corrected chi connectivity index (χ0v) is 16.0. The number of amides is 1. The third kappa shape index (κ3) is 3.71. The molecule has 0 saturated carbocycles. The van der Waals surface area contributed by atoms with Gasteiger partial charge in [0.2, 0.25) is 5.91 Å². The minimum absolute atomic E-state index is 0.0250. The number of carbonyl (C=O) groups excluding carboxylic acids is 1. The Balaban J connectivity index is 2.04. The second-order valence-electron chi connectivity index (χ2n) is 8.10. The molecule has 0 bridgehead atoms. The first-order valence-electron chi connectivity index (χ1n) is 9.10. The standard InChI is InChI=1S/C20H29N3O2/c1-14(24)22(5)16-6-7-18-17(12-16)21-19(20(2,3)4)23(18)13-15-8-10-25-11-9-15/h6-7,12,15H,8-11,13H2,1-5H3. The largest absolute Gasteiger partial charge is 0.381 e. The summed E-state index contributed by atoms with van der Waals surface area (Å²) in [7, 11) is 1.80. The Bertz CT molecular complexity index is 767. The highest BCUT2D eigenvalue weighted by Crippen LogP contribution is 2.31. The average molecular weight is 343 g/mol. The highest BCUT2D eigenvalue weighted by molar-refractivity contribution is 5.93. The summed E-state index contributed by atoms with van der Waals surface area (Å²) in [5, 5.41) is 0. The molecule has 0 radical (unpaired) electrons. The van der Waals surface area contributed by atoms with Gasteiger partial charge in [0.1, 0.15) is 5.82 Å². The molecule has 5 heteroatoms. The molecule has 0 atom stereocenters. The maximum atomic E-state index is 11.7. The smallest absolute Gasteiger partial charge is 0.223 e. The van der Waals surface area contributed by atoms with Crippen molar-refractivity contribution in [2.75, 3.05) is 25.2 Å². The van der Waals surface area contributed by atoms with Gasteiger partial charge in [-0.25, -0.2) is 4.98 Å². The number of nitrogens with zero attached hydrogens (tertiary/aromatic N) is 3. The van der Waals surface area contributed by atoms with Crippen LogP contribution in [-0.4, -0.2) is 35.7 Å². The molecule has 1 fully saturated rings. The number of imidazole rings is 1. The van der Waals surface area contributed by atoms with Crippen molar-refractivity contribution in [1.82, 2.24) is 9.55 Å². The van der Waals surface area contributed by atoms with Crippen LogP contribution in [0.5, 0.6) is 0 Å². The summed E-state index contributed by atoms with van der Waals surface area (Å²) in [5.41, 5.74) is 2.97. The van der Waals surface area contributed by atoms with Crippen LogP contribution < -0.4 is 4.90 Å². The number of carbonyl (C=O) groups is 1. The molecule has 5 nitrogen and oxygen atoms in total.